The van der Waals surface area contributed by atoms with Gasteiger partial charge in [-0.05, 0) is 18.6 Å². The molecular weight excluding hydrogens is 228 g/mol. The summed E-state index contributed by atoms with van der Waals surface area (Å²) in [7, 11) is 0. The number of halogens is 1. The molecule has 0 saturated heterocycles. The Morgan fingerprint density at radius 3 is 3.00 bits per heavy atom. The van der Waals surface area contributed by atoms with Crippen molar-refractivity contribution in [3.63, 3.8) is 0 Å². The van der Waals surface area contributed by atoms with Gasteiger partial charge in [0, 0.05) is 0 Å². The molecule has 80 valence electrons. The van der Waals surface area contributed by atoms with Gasteiger partial charge in [-0.25, -0.2) is 4.98 Å². The quantitative estimate of drug-likeness (QED) is 0.888. The van der Waals surface area contributed by atoms with Gasteiger partial charge in [0.2, 0.25) is 0 Å². The van der Waals surface area contributed by atoms with Gasteiger partial charge in [0.1, 0.15) is 5.01 Å². The molecule has 0 aliphatic rings. The molecule has 2 aromatic rings. The number of nitrogens with zero attached hydrogens (tertiary/aromatic N) is 1. The maximum atomic E-state index is 6.08. The van der Waals surface area contributed by atoms with Gasteiger partial charge < -0.3 is 5.73 Å². The topological polar surface area (TPSA) is 38.9 Å². The number of hydrogen-bond acceptors (Lipinski definition) is 3. The van der Waals surface area contributed by atoms with Gasteiger partial charge in [-0.3, -0.25) is 0 Å². The van der Waals surface area contributed by atoms with E-state index < -0.39 is 0 Å². The molecule has 0 radical (unpaired) electrons. The molecule has 0 fully saturated rings. The number of benzene rings is 1. The standard InChI is InChI=1S/C11H13ClN2S/c1-2-4-8(13)11-14-9-6-3-5-7(12)10(9)15-11/h3,5-6,8H,2,4,13H2,1H3. The van der Waals surface area contributed by atoms with Crippen LogP contribution in [-0.2, 0) is 0 Å². The lowest BCUT2D eigenvalue weighted by Crippen LogP contribution is -2.08. The molecule has 4 heteroatoms. The second-order valence-corrected chi connectivity index (χ2v) is 4.97. The summed E-state index contributed by atoms with van der Waals surface area (Å²) >= 11 is 7.69. The van der Waals surface area contributed by atoms with E-state index in [1.807, 2.05) is 18.2 Å². The van der Waals surface area contributed by atoms with Crippen molar-refractivity contribution >= 4 is 33.2 Å². The number of nitrogens with two attached hydrogens (primary N) is 1. The van der Waals surface area contributed by atoms with Gasteiger partial charge in [0.05, 0.1) is 21.3 Å². The Kier molecular flexibility index (Phi) is 3.24. The van der Waals surface area contributed by atoms with Crippen molar-refractivity contribution in [1.82, 2.24) is 4.98 Å². The van der Waals surface area contributed by atoms with Crippen LogP contribution in [0.4, 0.5) is 0 Å². The van der Waals surface area contributed by atoms with E-state index in [2.05, 4.69) is 11.9 Å². The minimum absolute atomic E-state index is 0.0449. The average molecular weight is 241 g/mol. The Hall–Kier alpha value is -0.640. The van der Waals surface area contributed by atoms with Crippen LogP contribution in [0.2, 0.25) is 5.02 Å². The molecule has 0 amide bonds. The van der Waals surface area contributed by atoms with Gasteiger partial charge in [-0.1, -0.05) is 31.0 Å². The fourth-order valence-electron chi connectivity index (χ4n) is 1.53. The van der Waals surface area contributed by atoms with Gasteiger partial charge in [-0.2, -0.15) is 0 Å². The molecule has 1 aromatic heterocycles. The highest BCUT2D eigenvalue weighted by Crippen LogP contribution is 2.32. The van der Waals surface area contributed by atoms with E-state index >= 15 is 0 Å². The zero-order valence-corrected chi connectivity index (χ0v) is 10.1. The second kappa shape index (κ2) is 4.47. The molecule has 1 heterocycles. The molecular formula is C11H13ClN2S. The van der Waals surface area contributed by atoms with E-state index in [-0.39, 0.29) is 6.04 Å². The molecule has 0 aliphatic heterocycles. The lowest BCUT2D eigenvalue weighted by atomic mass is 10.2. The SMILES string of the molecule is CCCC(N)c1nc2cccc(Cl)c2s1. The highest BCUT2D eigenvalue weighted by molar-refractivity contribution is 7.19. The van der Waals surface area contributed by atoms with Crippen molar-refractivity contribution in [1.29, 1.82) is 0 Å². The lowest BCUT2D eigenvalue weighted by molar-refractivity contribution is 0.636. The van der Waals surface area contributed by atoms with E-state index in [0.717, 1.165) is 33.1 Å². The fourth-order valence-corrected chi connectivity index (χ4v) is 2.82. The number of thiazole rings is 1. The van der Waals surface area contributed by atoms with Crippen molar-refractivity contribution in [3.05, 3.63) is 28.2 Å². The Bertz CT molecular complexity index is 467. The van der Waals surface area contributed by atoms with Gasteiger partial charge >= 0.3 is 0 Å². The van der Waals surface area contributed by atoms with Crippen molar-refractivity contribution in [3.8, 4) is 0 Å². The van der Waals surface area contributed by atoms with Crippen molar-refractivity contribution in [2.75, 3.05) is 0 Å². The van der Waals surface area contributed by atoms with Crippen LogP contribution in [0, 0.1) is 0 Å². The summed E-state index contributed by atoms with van der Waals surface area (Å²) in [4.78, 5) is 4.50. The summed E-state index contributed by atoms with van der Waals surface area (Å²) in [5.41, 5.74) is 6.98. The largest absolute Gasteiger partial charge is 0.322 e. The Labute approximate surface area is 98.1 Å². The predicted molar refractivity (Wildman–Crippen MR) is 66.5 cm³/mol. The first-order chi connectivity index (χ1) is 7.22. The van der Waals surface area contributed by atoms with E-state index in [0.29, 0.717) is 0 Å². The van der Waals surface area contributed by atoms with Gasteiger partial charge in [0.25, 0.3) is 0 Å². The summed E-state index contributed by atoms with van der Waals surface area (Å²) < 4.78 is 1.04. The molecule has 0 saturated carbocycles. The number of hydrogen-bond donors (Lipinski definition) is 1. The molecule has 2 N–H and O–H groups in total. The molecule has 1 aromatic carbocycles. The van der Waals surface area contributed by atoms with Crippen LogP contribution in [0.3, 0.4) is 0 Å². The van der Waals surface area contributed by atoms with Crippen LogP contribution < -0.4 is 5.73 Å². The van der Waals surface area contributed by atoms with Gasteiger partial charge in [0.15, 0.2) is 0 Å². The Morgan fingerprint density at radius 2 is 2.33 bits per heavy atom. The molecule has 0 spiro atoms. The van der Waals surface area contributed by atoms with E-state index in [1.54, 1.807) is 11.3 Å². The number of aromatic nitrogens is 1. The van der Waals surface area contributed by atoms with Crippen molar-refractivity contribution in [2.45, 2.75) is 25.8 Å². The first kappa shape index (κ1) is 10.9. The minimum atomic E-state index is 0.0449. The number of rotatable bonds is 3. The average Bonchev–Trinajstić information content (AvgIpc) is 2.63. The first-order valence-electron chi connectivity index (χ1n) is 5.03. The third kappa shape index (κ3) is 2.14. The van der Waals surface area contributed by atoms with Crippen LogP contribution in [0.1, 0.15) is 30.8 Å². The zero-order valence-electron chi connectivity index (χ0n) is 8.53. The summed E-state index contributed by atoms with van der Waals surface area (Å²) in [6, 6.07) is 5.82. The fraction of sp³-hybridized carbons (Fsp3) is 0.364. The number of fused-ring (bicyclic) bond motifs is 1. The molecule has 1 unspecified atom stereocenters. The normalized spacial score (nSPS) is 13.3. The van der Waals surface area contributed by atoms with Crippen LogP contribution in [0.5, 0.6) is 0 Å². The lowest BCUT2D eigenvalue weighted by Gasteiger charge is -2.04. The summed E-state index contributed by atoms with van der Waals surface area (Å²) in [6.07, 6.45) is 2.04. The van der Waals surface area contributed by atoms with Crippen LogP contribution in [0.25, 0.3) is 10.2 Å². The van der Waals surface area contributed by atoms with Gasteiger partial charge in [-0.15, -0.1) is 11.3 Å². The molecule has 0 aliphatic carbocycles. The smallest absolute Gasteiger partial charge is 0.111 e. The monoisotopic (exact) mass is 240 g/mol. The van der Waals surface area contributed by atoms with E-state index in [1.165, 1.54) is 0 Å². The Morgan fingerprint density at radius 1 is 1.53 bits per heavy atom. The molecule has 1 atom stereocenters. The molecule has 15 heavy (non-hydrogen) atoms. The van der Waals surface area contributed by atoms with Crippen LogP contribution in [-0.4, -0.2) is 4.98 Å². The third-order valence-electron chi connectivity index (χ3n) is 2.30. The first-order valence-corrected chi connectivity index (χ1v) is 6.22. The second-order valence-electron chi connectivity index (χ2n) is 3.54. The molecule has 2 rings (SSSR count). The predicted octanol–water partition coefficient (Wildman–Crippen LogP) is 3.75. The summed E-state index contributed by atoms with van der Waals surface area (Å²) in [6.45, 7) is 2.13. The Balaban J connectivity index is 2.43. The van der Waals surface area contributed by atoms with Crippen LogP contribution >= 0.6 is 22.9 Å². The summed E-state index contributed by atoms with van der Waals surface area (Å²) in [5, 5.41) is 1.75. The molecule has 0 bridgehead atoms. The van der Waals surface area contributed by atoms with Crippen molar-refractivity contribution in [2.24, 2.45) is 5.73 Å². The van der Waals surface area contributed by atoms with Crippen LogP contribution in [0.15, 0.2) is 18.2 Å². The highest BCUT2D eigenvalue weighted by Gasteiger charge is 2.12. The van der Waals surface area contributed by atoms with E-state index in [4.69, 9.17) is 17.3 Å². The maximum Gasteiger partial charge on any atom is 0.111 e. The third-order valence-corrected chi connectivity index (χ3v) is 3.96. The van der Waals surface area contributed by atoms with E-state index in [9.17, 15) is 0 Å². The minimum Gasteiger partial charge on any atom is -0.322 e. The van der Waals surface area contributed by atoms with Crippen molar-refractivity contribution < 1.29 is 0 Å². The zero-order chi connectivity index (χ0) is 10.8. The summed E-state index contributed by atoms with van der Waals surface area (Å²) in [5.74, 6) is 0. The maximum absolute atomic E-state index is 6.08. The molecule has 2 nitrogen and oxygen atoms in total. The highest BCUT2D eigenvalue weighted by atomic mass is 35.5.